The zero-order valence-corrected chi connectivity index (χ0v) is 33.9. The average Bonchev–Trinajstić information content (AvgIpc) is 3.82. The van der Waals surface area contributed by atoms with Crippen LogP contribution in [0.2, 0.25) is 0 Å². The molecule has 3 amide bonds. The Balaban J connectivity index is 1.38. The van der Waals surface area contributed by atoms with Gasteiger partial charge < -0.3 is 39.3 Å². The molecule has 0 aromatic heterocycles. The minimum absolute atomic E-state index is 0.0382. The Morgan fingerprint density at radius 2 is 1.61 bits per heavy atom. The van der Waals surface area contributed by atoms with E-state index in [4.69, 9.17) is 14.2 Å². The van der Waals surface area contributed by atoms with Crippen molar-refractivity contribution in [2.45, 2.75) is 62.6 Å². The van der Waals surface area contributed by atoms with Crippen LogP contribution in [0.1, 0.15) is 50.0 Å². The van der Waals surface area contributed by atoms with E-state index in [0.717, 1.165) is 18.8 Å². The Bertz CT molecular complexity index is 1990. The van der Waals surface area contributed by atoms with Gasteiger partial charge in [-0.3, -0.25) is 19.2 Å². The minimum Gasteiger partial charge on any atom is -0.455 e. The third-order valence-corrected chi connectivity index (χ3v) is 12.2. The van der Waals surface area contributed by atoms with E-state index in [2.05, 4.69) is 40.0 Å². The fourth-order valence-electron chi connectivity index (χ4n) is 8.88. The summed E-state index contributed by atoms with van der Waals surface area (Å²) in [5.74, 6) is -4.29. The number of carbonyl (C=O) groups is 4. The lowest BCUT2D eigenvalue weighted by atomic mass is 9.74. The topological polar surface area (TPSA) is 138 Å². The van der Waals surface area contributed by atoms with Crippen molar-refractivity contribution >= 4 is 51.0 Å². The van der Waals surface area contributed by atoms with E-state index in [1.54, 1.807) is 35.2 Å². The van der Waals surface area contributed by atoms with E-state index in [-0.39, 0.29) is 25.5 Å². The third-order valence-electron chi connectivity index (χ3n) is 11.5. The van der Waals surface area contributed by atoms with Crippen molar-refractivity contribution in [2.24, 2.45) is 11.8 Å². The number of carbonyl (C=O) groups excluding carboxylic acids is 4. The maximum atomic E-state index is 15.5. The highest BCUT2D eigenvalue weighted by molar-refractivity contribution is 9.11. The number of aliphatic hydroxyl groups is 1. The highest BCUT2D eigenvalue weighted by atomic mass is 79.9. The van der Waals surface area contributed by atoms with E-state index >= 15 is 9.59 Å². The van der Waals surface area contributed by atoms with Crippen LogP contribution in [0.5, 0.6) is 0 Å². The summed E-state index contributed by atoms with van der Waals surface area (Å²) in [5.41, 5.74) is 1.24. The molecule has 3 aromatic rings. The zero-order chi connectivity index (χ0) is 40.3. The monoisotopic (exact) mass is 840 g/mol. The molecule has 0 saturated carbocycles. The summed E-state index contributed by atoms with van der Waals surface area (Å²) in [4.78, 5) is 64.2. The molecule has 300 valence electrons. The predicted molar refractivity (Wildman–Crippen MR) is 218 cm³/mol. The standard InChI is InChI=1S/C44H49BrN4O8/c1-4-47(5-2)30-20-22-31(23-21-30)48-24-14-8-13-19-35(51)46-33(27-55-3)38(29-17-11-7-12-18-29)56-43(54)36-37-41(52)49(34(26-50)28-15-9-6-10-16-28)40(42(48)53)44(37)25-32(45)39(36)57-44/h6-12,14-18,20-23,25,33-34,36-40,50H,4-5,13,19,24,26-27H2,1-3H3,(H,46,51)/b14-8-/t33-,34+,36+,37-,38-,39+,40+,44-/m0/s1. The van der Waals surface area contributed by atoms with Crippen LogP contribution in [0.15, 0.2) is 108 Å². The summed E-state index contributed by atoms with van der Waals surface area (Å²) >= 11 is 3.65. The number of hydrogen-bond acceptors (Lipinski definition) is 9. The molecule has 0 aliphatic carbocycles. The molecule has 4 heterocycles. The first-order valence-electron chi connectivity index (χ1n) is 19.6. The maximum Gasteiger partial charge on any atom is 0.313 e. The van der Waals surface area contributed by atoms with Crippen molar-refractivity contribution in [3.63, 3.8) is 0 Å². The number of rotatable bonds is 10. The van der Waals surface area contributed by atoms with Gasteiger partial charge in [0.15, 0.2) is 0 Å². The molecule has 7 rings (SSSR count). The number of esters is 1. The summed E-state index contributed by atoms with van der Waals surface area (Å²) in [6.07, 6.45) is 4.03. The molecule has 12 nitrogen and oxygen atoms in total. The molecule has 2 saturated heterocycles. The van der Waals surface area contributed by atoms with Crippen LogP contribution in [0.4, 0.5) is 11.4 Å². The van der Waals surface area contributed by atoms with Crippen molar-refractivity contribution in [1.82, 2.24) is 10.2 Å². The average molecular weight is 842 g/mol. The van der Waals surface area contributed by atoms with Gasteiger partial charge in [-0.2, -0.15) is 0 Å². The molecular formula is C44H49BrN4O8. The molecule has 1 spiro atoms. The van der Waals surface area contributed by atoms with Crippen LogP contribution in [0.3, 0.4) is 0 Å². The van der Waals surface area contributed by atoms with Crippen LogP contribution >= 0.6 is 15.9 Å². The molecule has 5 bridgehead atoms. The number of fused-ring (bicyclic) bond motifs is 2. The number of halogens is 1. The van der Waals surface area contributed by atoms with E-state index in [9.17, 15) is 14.7 Å². The lowest BCUT2D eigenvalue weighted by Gasteiger charge is -2.39. The summed E-state index contributed by atoms with van der Waals surface area (Å²) in [5, 5.41) is 14.1. The van der Waals surface area contributed by atoms with Gasteiger partial charge in [0.1, 0.15) is 29.8 Å². The van der Waals surface area contributed by atoms with Gasteiger partial charge in [-0.25, -0.2) is 0 Å². The first-order chi connectivity index (χ1) is 27.7. The van der Waals surface area contributed by atoms with Crippen LogP contribution in [0, 0.1) is 11.8 Å². The highest BCUT2D eigenvalue weighted by Gasteiger charge is 2.75. The normalized spacial score (nSPS) is 28.8. The largest absolute Gasteiger partial charge is 0.455 e. The van der Waals surface area contributed by atoms with E-state index in [1.165, 1.54) is 12.0 Å². The van der Waals surface area contributed by atoms with Gasteiger partial charge in [0, 0.05) is 49.0 Å². The van der Waals surface area contributed by atoms with Crippen molar-refractivity contribution < 1.29 is 38.5 Å². The van der Waals surface area contributed by atoms with Crippen LogP contribution in [0.25, 0.3) is 0 Å². The number of benzene rings is 3. The Morgan fingerprint density at radius 3 is 2.26 bits per heavy atom. The Hall–Kier alpha value is -4.82. The first kappa shape index (κ1) is 40.4. The predicted octanol–water partition coefficient (Wildman–Crippen LogP) is 5.24. The number of likely N-dealkylation sites (tertiary alicyclic amines) is 1. The molecule has 57 heavy (non-hydrogen) atoms. The molecule has 8 atom stereocenters. The molecule has 13 heteroatoms. The van der Waals surface area contributed by atoms with Crippen molar-refractivity contribution in [2.75, 3.05) is 49.8 Å². The quantitative estimate of drug-likeness (QED) is 0.208. The van der Waals surface area contributed by atoms with Gasteiger partial charge in [-0.1, -0.05) is 88.7 Å². The van der Waals surface area contributed by atoms with E-state index in [1.807, 2.05) is 72.8 Å². The number of cyclic esters (lactones) is 1. The van der Waals surface area contributed by atoms with Crippen LogP contribution in [-0.4, -0.2) is 97.4 Å². The second kappa shape index (κ2) is 17.4. The van der Waals surface area contributed by atoms with E-state index in [0.29, 0.717) is 27.7 Å². The van der Waals surface area contributed by atoms with Crippen LogP contribution < -0.4 is 15.1 Å². The SMILES string of the molecule is CCN(CC)c1ccc(N2C/C=C\CCC(=O)N[C@@H](COC)[C@H](c3ccccc3)OC(=O)[C@H]3[C@@H]4O[C@@]5(C=C4Br)[C@@H]3C(=O)N([C@H](CO)c3ccccc3)[C@@H]5C2=O)cc1. The summed E-state index contributed by atoms with van der Waals surface area (Å²) in [7, 11) is 1.51. The second-order valence-corrected chi connectivity index (χ2v) is 15.6. The zero-order valence-electron chi connectivity index (χ0n) is 32.3. The molecule has 4 aliphatic rings. The molecule has 2 fully saturated rings. The number of nitrogens with one attached hydrogen (secondary N) is 1. The summed E-state index contributed by atoms with van der Waals surface area (Å²) in [6.45, 7) is 5.44. The minimum atomic E-state index is -1.59. The molecule has 0 radical (unpaired) electrons. The summed E-state index contributed by atoms with van der Waals surface area (Å²) < 4.78 is 19.2. The number of hydrogen-bond donors (Lipinski definition) is 2. The van der Waals surface area contributed by atoms with Crippen molar-refractivity contribution in [1.29, 1.82) is 0 Å². The fourth-order valence-corrected chi connectivity index (χ4v) is 9.61. The molecule has 4 aliphatic heterocycles. The number of aliphatic hydroxyl groups excluding tert-OH is 1. The van der Waals surface area contributed by atoms with Crippen LogP contribution in [-0.2, 0) is 33.4 Å². The molecule has 0 unspecified atom stereocenters. The number of amides is 3. The first-order valence-corrected chi connectivity index (χ1v) is 20.4. The van der Waals surface area contributed by atoms with E-state index < -0.39 is 72.2 Å². The van der Waals surface area contributed by atoms with Crippen molar-refractivity contribution in [3.8, 4) is 0 Å². The number of nitrogens with zero attached hydrogens (tertiary/aromatic N) is 3. The lowest BCUT2D eigenvalue weighted by molar-refractivity contribution is -0.162. The maximum absolute atomic E-state index is 15.5. The third kappa shape index (κ3) is 7.53. The highest BCUT2D eigenvalue weighted by Crippen LogP contribution is 2.60. The van der Waals surface area contributed by atoms with Gasteiger partial charge in [0.25, 0.3) is 5.91 Å². The Morgan fingerprint density at radius 1 is 0.930 bits per heavy atom. The Kier molecular flexibility index (Phi) is 12.3. The fraction of sp³-hybridized carbons (Fsp3) is 0.409. The van der Waals surface area contributed by atoms with Gasteiger partial charge in [-0.15, -0.1) is 0 Å². The van der Waals surface area contributed by atoms with Gasteiger partial charge in [0.2, 0.25) is 11.8 Å². The number of methoxy groups -OCH3 is 1. The van der Waals surface area contributed by atoms with Gasteiger partial charge in [0.05, 0.1) is 31.2 Å². The molecule has 2 N–H and O–H groups in total. The molecule has 3 aromatic carbocycles. The molecular weight excluding hydrogens is 792 g/mol. The van der Waals surface area contributed by atoms with Gasteiger partial charge >= 0.3 is 5.97 Å². The van der Waals surface area contributed by atoms with Crippen molar-refractivity contribution in [3.05, 3.63) is 119 Å². The second-order valence-electron chi connectivity index (χ2n) is 14.7. The summed E-state index contributed by atoms with van der Waals surface area (Å²) in [6, 6.07) is 22.8. The smallest absolute Gasteiger partial charge is 0.313 e. The lowest BCUT2D eigenvalue weighted by Crippen LogP contribution is -2.57. The Labute approximate surface area is 341 Å². The van der Waals surface area contributed by atoms with Gasteiger partial charge in [-0.05, 0) is 61.7 Å². The number of ether oxygens (including phenoxy) is 3. The number of allylic oxidation sites excluding steroid dienone is 1. The number of anilines is 2.